The highest BCUT2D eigenvalue weighted by molar-refractivity contribution is 5.85. The molecule has 0 bridgehead atoms. The molecular weight excluding hydrogens is 222 g/mol. The summed E-state index contributed by atoms with van der Waals surface area (Å²) in [6.45, 7) is 3.64. The summed E-state index contributed by atoms with van der Waals surface area (Å²) in [5, 5.41) is 0. The fourth-order valence-electron chi connectivity index (χ4n) is 2.16. The molecule has 0 fully saturated rings. The number of para-hydroxylation sites is 1. The molecule has 1 aliphatic rings. The SMILES string of the molecule is [2H]C([2H])([2H])N1[C]([CH2])N(c2ccccc2C)c2ncccc21. The molecule has 0 amide bonds. The number of hydrogen-bond donors (Lipinski definition) is 0. The number of nitrogens with zero attached hydrogens (tertiary/aromatic N) is 3. The largest absolute Gasteiger partial charge is 0.345 e. The van der Waals surface area contributed by atoms with Gasteiger partial charge in [0.2, 0.25) is 0 Å². The Labute approximate surface area is 112 Å². The monoisotopic (exact) mass is 240 g/mol. The van der Waals surface area contributed by atoms with Gasteiger partial charge in [0.1, 0.15) is 0 Å². The average molecular weight is 240 g/mol. The standard InChI is InChI=1S/C15H15N3/c1-11-7-4-5-8-13(11)18-12(2)17(3)14-9-6-10-16-15(14)18/h4-10H,2H2,1,3H3/i3D3. The number of anilines is 3. The van der Waals surface area contributed by atoms with Crippen molar-refractivity contribution >= 4 is 17.2 Å². The molecular formula is C15H15N3. The Balaban J connectivity index is 2.18. The number of benzene rings is 1. The van der Waals surface area contributed by atoms with Gasteiger partial charge in [-0.2, -0.15) is 0 Å². The molecule has 0 spiro atoms. The quantitative estimate of drug-likeness (QED) is 0.762. The Kier molecular flexibility index (Phi) is 1.82. The van der Waals surface area contributed by atoms with Crippen molar-refractivity contribution in [3.8, 4) is 0 Å². The Morgan fingerprint density at radius 2 is 1.94 bits per heavy atom. The van der Waals surface area contributed by atoms with Crippen LogP contribution in [0.2, 0.25) is 0 Å². The Hall–Kier alpha value is -2.03. The minimum absolute atomic E-state index is 0.387. The molecule has 0 atom stereocenters. The third-order valence-corrected chi connectivity index (χ3v) is 3.09. The van der Waals surface area contributed by atoms with Gasteiger partial charge >= 0.3 is 0 Å². The van der Waals surface area contributed by atoms with Gasteiger partial charge in [-0.15, -0.1) is 0 Å². The maximum Gasteiger partial charge on any atom is 0.162 e. The zero-order chi connectivity index (χ0) is 15.2. The van der Waals surface area contributed by atoms with Gasteiger partial charge in [0.15, 0.2) is 12.0 Å². The van der Waals surface area contributed by atoms with Crippen LogP contribution >= 0.6 is 0 Å². The Bertz CT molecular complexity index is 669. The van der Waals surface area contributed by atoms with Crippen LogP contribution in [0.4, 0.5) is 17.2 Å². The highest BCUT2D eigenvalue weighted by Gasteiger charge is 2.34. The minimum atomic E-state index is -2.30. The van der Waals surface area contributed by atoms with Crippen LogP contribution in [0.25, 0.3) is 0 Å². The van der Waals surface area contributed by atoms with Crippen LogP contribution in [0.1, 0.15) is 9.68 Å². The van der Waals surface area contributed by atoms with Crippen molar-refractivity contribution in [2.24, 2.45) is 0 Å². The zero-order valence-corrected chi connectivity index (χ0v) is 10.1. The van der Waals surface area contributed by atoms with E-state index >= 15 is 0 Å². The van der Waals surface area contributed by atoms with E-state index in [4.69, 9.17) is 4.11 Å². The van der Waals surface area contributed by atoms with E-state index in [9.17, 15) is 0 Å². The Morgan fingerprint density at radius 3 is 2.72 bits per heavy atom. The summed E-state index contributed by atoms with van der Waals surface area (Å²) in [4.78, 5) is 7.39. The van der Waals surface area contributed by atoms with E-state index in [-0.39, 0.29) is 0 Å². The summed E-state index contributed by atoms with van der Waals surface area (Å²) in [6, 6.07) is 11.2. The first-order valence-corrected chi connectivity index (χ1v) is 5.71. The fourth-order valence-corrected chi connectivity index (χ4v) is 2.16. The molecule has 1 aromatic heterocycles. The molecule has 0 saturated carbocycles. The second-order valence-corrected chi connectivity index (χ2v) is 4.22. The molecule has 3 heteroatoms. The van der Waals surface area contributed by atoms with E-state index in [0.717, 1.165) is 11.3 Å². The van der Waals surface area contributed by atoms with Crippen molar-refractivity contribution in [1.82, 2.24) is 4.98 Å². The normalized spacial score (nSPS) is 18.2. The lowest BCUT2D eigenvalue weighted by molar-refractivity contribution is 0.956. The van der Waals surface area contributed by atoms with Gasteiger partial charge in [0.05, 0.1) is 5.69 Å². The summed E-state index contributed by atoms with van der Waals surface area (Å²) in [5.74, 6) is 0.591. The van der Waals surface area contributed by atoms with Crippen molar-refractivity contribution < 1.29 is 4.11 Å². The summed E-state index contributed by atoms with van der Waals surface area (Å²) in [6.07, 6.45) is 2.04. The average Bonchev–Trinajstić information content (AvgIpc) is 2.71. The van der Waals surface area contributed by atoms with Crippen LogP contribution in [0.3, 0.4) is 0 Å². The molecule has 18 heavy (non-hydrogen) atoms. The van der Waals surface area contributed by atoms with E-state index < -0.39 is 6.98 Å². The van der Waals surface area contributed by atoms with Crippen LogP contribution in [0, 0.1) is 20.0 Å². The lowest BCUT2D eigenvalue weighted by Crippen LogP contribution is -2.28. The smallest absolute Gasteiger partial charge is 0.162 e. The van der Waals surface area contributed by atoms with Gasteiger partial charge in [0.25, 0.3) is 0 Å². The van der Waals surface area contributed by atoms with Crippen LogP contribution in [0.15, 0.2) is 42.6 Å². The van der Waals surface area contributed by atoms with Gasteiger partial charge < -0.3 is 4.90 Å². The van der Waals surface area contributed by atoms with Crippen LogP contribution in [-0.4, -0.2) is 12.0 Å². The molecule has 0 N–H and O–H groups in total. The predicted octanol–water partition coefficient (Wildman–Crippen LogP) is 3.30. The Morgan fingerprint density at radius 1 is 1.17 bits per heavy atom. The fraction of sp³-hybridized carbons (Fsp3) is 0.133. The minimum Gasteiger partial charge on any atom is -0.345 e. The van der Waals surface area contributed by atoms with Crippen LogP contribution in [-0.2, 0) is 0 Å². The lowest BCUT2D eigenvalue weighted by Gasteiger charge is -2.26. The van der Waals surface area contributed by atoms with Gasteiger partial charge in [-0.1, -0.05) is 18.2 Å². The molecule has 0 unspecified atom stereocenters. The molecule has 2 radical (unpaired) electrons. The molecule has 3 rings (SSSR count). The van der Waals surface area contributed by atoms with Crippen molar-refractivity contribution in [1.29, 1.82) is 0 Å². The molecule has 2 heterocycles. The van der Waals surface area contributed by atoms with Gasteiger partial charge in [-0.3, -0.25) is 4.90 Å². The number of rotatable bonds is 1. The summed E-state index contributed by atoms with van der Waals surface area (Å²) < 4.78 is 23.2. The number of pyridine rings is 1. The number of aryl methyl sites for hydroxylation is 1. The third-order valence-electron chi connectivity index (χ3n) is 3.09. The van der Waals surface area contributed by atoms with Crippen LogP contribution in [0.5, 0.6) is 0 Å². The van der Waals surface area contributed by atoms with Gasteiger partial charge in [0, 0.05) is 23.0 Å². The molecule has 0 saturated heterocycles. The first kappa shape index (κ1) is 8.14. The van der Waals surface area contributed by atoms with E-state index in [1.165, 1.54) is 4.90 Å². The van der Waals surface area contributed by atoms with Crippen molar-refractivity contribution in [3.05, 3.63) is 61.2 Å². The maximum absolute atomic E-state index is 7.74. The zero-order valence-electron chi connectivity index (χ0n) is 13.1. The first-order valence-electron chi connectivity index (χ1n) is 7.21. The molecule has 1 aromatic carbocycles. The highest BCUT2D eigenvalue weighted by atomic mass is 15.4. The summed E-state index contributed by atoms with van der Waals surface area (Å²) in [5.41, 5.74) is 2.46. The summed E-state index contributed by atoms with van der Waals surface area (Å²) >= 11 is 0. The molecule has 90 valence electrons. The van der Waals surface area contributed by atoms with E-state index in [0.29, 0.717) is 17.7 Å². The number of aromatic nitrogens is 1. The van der Waals surface area contributed by atoms with Crippen LogP contribution < -0.4 is 9.80 Å². The van der Waals surface area contributed by atoms with E-state index in [1.807, 2.05) is 31.2 Å². The highest BCUT2D eigenvalue weighted by Crippen LogP contribution is 2.45. The molecule has 2 aromatic rings. The first-order chi connectivity index (χ1) is 9.91. The molecule has 0 aliphatic carbocycles. The van der Waals surface area contributed by atoms with Gasteiger partial charge in [-0.25, -0.2) is 4.98 Å². The lowest BCUT2D eigenvalue weighted by atomic mass is 10.2. The van der Waals surface area contributed by atoms with E-state index in [1.54, 1.807) is 23.2 Å². The van der Waals surface area contributed by atoms with Crippen molar-refractivity contribution in [2.45, 2.75) is 6.92 Å². The summed E-state index contributed by atoms with van der Waals surface area (Å²) in [7, 11) is 0. The van der Waals surface area contributed by atoms with Crippen molar-refractivity contribution in [2.75, 3.05) is 16.8 Å². The molecule has 1 aliphatic heterocycles. The maximum atomic E-state index is 7.74. The van der Waals surface area contributed by atoms with Gasteiger partial charge in [-0.05, 0) is 37.6 Å². The number of hydrogen-bond acceptors (Lipinski definition) is 3. The van der Waals surface area contributed by atoms with Crippen molar-refractivity contribution in [3.63, 3.8) is 0 Å². The number of fused-ring (bicyclic) bond motifs is 1. The molecule has 3 nitrogen and oxygen atoms in total. The predicted molar refractivity (Wildman–Crippen MR) is 74.6 cm³/mol. The van der Waals surface area contributed by atoms with E-state index in [2.05, 4.69) is 11.9 Å². The topological polar surface area (TPSA) is 19.4 Å². The second-order valence-electron chi connectivity index (χ2n) is 4.22. The second kappa shape index (κ2) is 4.02. The third kappa shape index (κ3) is 1.47.